The number of rotatable bonds is 12. The average molecular weight is 542 g/mol. The Hall–Kier alpha value is -4.78. The summed E-state index contributed by atoms with van der Waals surface area (Å²) in [5, 5.41) is 42.7. The number of benzene rings is 2. The highest BCUT2D eigenvalue weighted by molar-refractivity contribution is 6.25. The highest BCUT2D eigenvalue weighted by atomic mass is 16.6. The Kier molecular flexibility index (Phi) is 10.3. The monoisotopic (exact) mass is 541 g/mol. The van der Waals surface area contributed by atoms with E-state index in [-0.39, 0.29) is 0 Å². The topological polar surface area (TPSA) is 193 Å². The van der Waals surface area contributed by atoms with Gasteiger partial charge in [-0.25, -0.2) is 4.79 Å². The van der Waals surface area contributed by atoms with Gasteiger partial charge in [0.25, 0.3) is 17.1 Å². The van der Waals surface area contributed by atoms with Gasteiger partial charge in [-0.2, -0.15) is 0 Å². The van der Waals surface area contributed by atoms with Gasteiger partial charge in [-0.05, 0) is 30.7 Å². The van der Waals surface area contributed by atoms with Gasteiger partial charge in [-0.1, -0.05) is 26.0 Å². The number of non-ortho nitro benzene ring substituents is 1. The maximum atomic E-state index is 12.5. The van der Waals surface area contributed by atoms with Crippen molar-refractivity contribution in [2.45, 2.75) is 26.7 Å². The third-order valence-corrected chi connectivity index (χ3v) is 6.05. The van der Waals surface area contributed by atoms with Crippen molar-refractivity contribution in [3.8, 4) is 11.1 Å². The fourth-order valence-electron chi connectivity index (χ4n) is 3.66. The number of aromatic carboxylic acids is 1. The summed E-state index contributed by atoms with van der Waals surface area (Å²) < 4.78 is 5.48. The second kappa shape index (κ2) is 13.1. The maximum absolute atomic E-state index is 12.5. The summed E-state index contributed by atoms with van der Waals surface area (Å²) in [6, 6.07) is 2.89. The quantitative estimate of drug-likeness (QED) is 0.128. The average Bonchev–Trinajstić information content (AvgIpc) is 3.18. The third kappa shape index (κ3) is 7.17. The molecule has 2 aromatic rings. The number of carboxylic acid groups (broad SMARTS) is 1. The molecule has 0 heterocycles. The second-order valence-electron chi connectivity index (χ2n) is 8.83. The van der Waals surface area contributed by atoms with Gasteiger partial charge in [0.05, 0.1) is 37.5 Å². The zero-order chi connectivity index (χ0) is 29.4. The van der Waals surface area contributed by atoms with Gasteiger partial charge >= 0.3 is 5.97 Å². The number of carbonyl (C=O) groups is 2. The Bertz CT molecular complexity index is 1250. The number of nitrogens with zero attached hydrogens (tertiary/aromatic N) is 3. The number of ketones is 1. The van der Waals surface area contributed by atoms with Crippen molar-refractivity contribution < 1.29 is 34.2 Å². The lowest BCUT2D eigenvalue weighted by Gasteiger charge is -2.08. The van der Waals surface area contributed by atoms with Crippen molar-refractivity contribution >= 4 is 28.8 Å². The number of allylic oxidation sites excluding steroid dienone is 2. The first-order chi connectivity index (χ1) is 18.3. The Balaban J connectivity index is 0.000000349. The molecular weight excluding hydrogens is 514 g/mol. The molecular formula is C26H27N3O10. The summed E-state index contributed by atoms with van der Waals surface area (Å²) in [4.78, 5) is 54.4. The second-order valence-corrected chi connectivity index (χ2v) is 8.83. The van der Waals surface area contributed by atoms with Gasteiger partial charge in [0.15, 0.2) is 5.78 Å². The number of nitro benzene ring substituents is 3. The largest absolute Gasteiger partial charge is 0.478 e. The number of ether oxygens (including phenoxy) is 1. The van der Waals surface area contributed by atoms with Gasteiger partial charge in [0.2, 0.25) is 0 Å². The van der Waals surface area contributed by atoms with Crippen molar-refractivity contribution in [3.05, 3.63) is 96.6 Å². The molecule has 13 heteroatoms. The minimum atomic E-state index is -1.54. The lowest BCUT2D eigenvalue weighted by molar-refractivity contribution is -0.394. The van der Waals surface area contributed by atoms with Crippen molar-refractivity contribution in [3.63, 3.8) is 0 Å². The van der Waals surface area contributed by atoms with Gasteiger partial charge < -0.3 is 9.84 Å². The van der Waals surface area contributed by atoms with Crippen LogP contribution in [-0.4, -0.2) is 44.8 Å². The van der Waals surface area contributed by atoms with E-state index < -0.39 is 71.4 Å². The van der Waals surface area contributed by atoms with E-state index in [1.165, 1.54) is 0 Å². The maximum Gasteiger partial charge on any atom is 0.335 e. The van der Waals surface area contributed by atoms with Crippen LogP contribution >= 0.6 is 0 Å². The highest BCUT2D eigenvalue weighted by Gasteiger charge is 2.41. The molecule has 1 N–H and O–H groups in total. The van der Waals surface area contributed by atoms with Crippen LogP contribution in [0.25, 0.3) is 11.1 Å². The smallest absolute Gasteiger partial charge is 0.335 e. The number of carboxylic acids is 1. The molecule has 206 valence electrons. The number of hydrogen-bond acceptors (Lipinski definition) is 9. The lowest BCUT2D eigenvalue weighted by Crippen LogP contribution is -2.03. The summed E-state index contributed by atoms with van der Waals surface area (Å²) in [6.45, 7) is 13.5. The number of carbonyl (C=O) groups excluding carboxylic acids is 1. The fraction of sp³-hybridized carbons (Fsp3) is 0.308. The van der Waals surface area contributed by atoms with E-state index in [0.29, 0.717) is 24.0 Å². The zero-order valence-electron chi connectivity index (χ0n) is 21.3. The summed E-state index contributed by atoms with van der Waals surface area (Å²) >= 11 is 0. The van der Waals surface area contributed by atoms with Crippen molar-refractivity contribution in [1.29, 1.82) is 0 Å². The molecule has 39 heavy (non-hydrogen) atoms. The van der Waals surface area contributed by atoms with E-state index in [1.54, 1.807) is 0 Å². The Labute approximate surface area is 222 Å². The van der Waals surface area contributed by atoms with Crippen LogP contribution in [0.4, 0.5) is 17.1 Å². The van der Waals surface area contributed by atoms with E-state index in [9.17, 15) is 39.9 Å². The first kappa shape index (κ1) is 30.4. The molecule has 0 aromatic heterocycles. The van der Waals surface area contributed by atoms with Crippen molar-refractivity contribution in [2.75, 3.05) is 13.2 Å². The molecule has 0 aliphatic heterocycles. The van der Waals surface area contributed by atoms with Crippen LogP contribution in [0, 0.1) is 42.2 Å². The molecule has 0 fully saturated rings. The molecule has 3 rings (SSSR count). The van der Waals surface area contributed by atoms with Crippen LogP contribution in [0.2, 0.25) is 0 Å². The molecule has 1 aliphatic carbocycles. The number of nitro groups is 3. The molecule has 0 amide bonds. The molecule has 0 saturated heterocycles. The Morgan fingerprint density at radius 1 is 0.872 bits per heavy atom. The highest BCUT2D eigenvalue weighted by Crippen LogP contribution is 2.48. The normalized spacial score (nSPS) is 12.7. The lowest BCUT2D eigenvalue weighted by atomic mass is 9.99. The zero-order valence-corrected chi connectivity index (χ0v) is 21.3. The summed E-state index contributed by atoms with van der Waals surface area (Å²) in [5.74, 6) is -1.37. The molecule has 0 bridgehead atoms. The van der Waals surface area contributed by atoms with Crippen LogP contribution in [0.5, 0.6) is 0 Å². The molecule has 2 aromatic carbocycles. The first-order valence-electron chi connectivity index (χ1n) is 11.7. The van der Waals surface area contributed by atoms with Crippen molar-refractivity contribution in [2.24, 2.45) is 11.8 Å². The SMILES string of the molecule is C=CC(C)CCOCCC(C)C=C.O=C(O)c1cc2c(c([N+](=O)[O-])c1)-c1c(cc([N+](=O)[O-])cc1[N+](=O)[O-])C2=O. The molecule has 0 radical (unpaired) electrons. The Morgan fingerprint density at radius 3 is 1.74 bits per heavy atom. The van der Waals surface area contributed by atoms with Crippen LogP contribution in [0.1, 0.15) is 53.0 Å². The molecule has 0 spiro atoms. The van der Waals surface area contributed by atoms with E-state index in [1.807, 2.05) is 12.2 Å². The van der Waals surface area contributed by atoms with Crippen LogP contribution in [0.3, 0.4) is 0 Å². The minimum Gasteiger partial charge on any atom is -0.478 e. The molecule has 13 nitrogen and oxygen atoms in total. The molecule has 1 aliphatic rings. The number of hydrogen-bond donors (Lipinski definition) is 1. The van der Waals surface area contributed by atoms with Crippen LogP contribution in [-0.2, 0) is 4.74 Å². The summed E-state index contributed by atoms with van der Waals surface area (Å²) in [6.07, 6.45) is 6.09. The summed E-state index contributed by atoms with van der Waals surface area (Å²) in [7, 11) is 0. The van der Waals surface area contributed by atoms with Gasteiger partial charge in [0, 0.05) is 36.5 Å². The number of fused-ring (bicyclic) bond motifs is 3. The molecule has 2 atom stereocenters. The minimum absolute atomic E-state index is 0.429. The predicted molar refractivity (Wildman–Crippen MR) is 141 cm³/mol. The van der Waals surface area contributed by atoms with Gasteiger partial charge in [-0.3, -0.25) is 35.1 Å². The van der Waals surface area contributed by atoms with Gasteiger partial charge in [-0.15, -0.1) is 13.2 Å². The van der Waals surface area contributed by atoms with Crippen molar-refractivity contribution in [1.82, 2.24) is 0 Å². The van der Waals surface area contributed by atoms with Crippen LogP contribution in [0.15, 0.2) is 49.6 Å². The van der Waals surface area contributed by atoms with Gasteiger partial charge in [0.1, 0.15) is 0 Å². The standard InChI is InChI=1S/C14H5N3O9.C12H22O/c18-13-7-1-5(14(19)20)2-9(16(23)24)11(7)12-8(13)3-6(15(21)22)4-10(12)17(25)26;1-5-11(3)7-9-13-10-8-12(4)6-2/h1-4H,(H,19,20);5-6,11-12H,1-2,7-10H2,3-4H3. The molecule has 2 unspecified atom stereocenters. The van der Waals surface area contributed by atoms with E-state index >= 15 is 0 Å². The van der Waals surface area contributed by atoms with E-state index in [0.717, 1.165) is 38.2 Å². The molecule has 0 saturated carbocycles. The predicted octanol–water partition coefficient (Wildman–Crippen LogP) is 5.75. The summed E-state index contributed by atoms with van der Waals surface area (Å²) in [5.41, 5.74) is -4.74. The first-order valence-corrected chi connectivity index (χ1v) is 11.7. The van der Waals surface area contributed by atoms with E-state index in [4.69, 9.17) is 9.84 Å². The Morgan fingerprint density at radius 2 is 1.33 bits per heavy atom. The fourth-order valence-corrected chi connectivity index (χ4v) is 3.66. The van der Waals surface area contributed by atoms with Crippen LogP contribution < -0.4 is 0 Å². The van der Waals surface area contributed by atoms with E-state index in [2.05, 4.69) is 27.0 Å². The third-order valence-electron chi connectivity index (χ3n) is 6.05.